The molecule has 1 N–H and O–H groups in total. The van der Waals surface area contributed by atoms with Gasteiger partial charge >= 0.3 is 6.03 Å². The van der Waals surface area contributed by atoms with Gasteiger partial charge in [0.2, 0.25) is 5.71 Å². The van der Waals surface area contributed by atoms with Crippen molar-refractivity contribution in [1.82, 2.24) is 14.4 Å². The van der Waals surface area contributed by atoms with Crippen LogP contribution in [0.1, 0.15) is 23.0 Å². The highest BCUT2D eigenvalue weighted by molar-refractivity contribution is 5.98. The number of para-hydroxylation sites is 2. The van der Waals surface area contributed by atoms with E-state index < -0.39 is 0 Å². The van der Waals surface area contributed by atoms with Gasteiger partial charge in [-0.3, -0.25) is 4.79 Å². The molecule has 3 amide bonds. The molecule has 1 unspecified atom stereocenters. The lowest BCUT2D eigenvalue weighted by Gasteiger charge is -2.39. The van der Waals surface area contributed by atoms with Crippen LogP contribution in [0.4, 0.5) is 10.5 Å². The Balaban J connectivity index is 1.32. The monoisotopic (exact) mass is 502 g/mol. The van der Waals surface area contributed by atoms with Gasteiger partial charge in [0.1, 0.15) is 17.2 Å². The maximum absolute atomic E-state index is 13.7. The molecular weight excluding hydrogens is 472 g/mol. The second-order valence-electron chi connectivity index (χ2n) is 9.07. The number of urea groups is 1. The van der Waals surface area contributed by atoms with Gasteiger partial charge in [-0.2, -0.15) is 0 Å². The highest BCUT2D eigenvalue weighted by atomic mass is 16.5. The molecule has 0 radical (unpaired) electrons. The summed E-state index contributed by atoms with van der Waals surface area (Å²) in [5.41, 5.74) is 2.80. The molecule has 192 valence electrons. The molecule has 1 aliphatic rings. The van der Waals surface area contributed by atoms with Crippen LogP contribution in [0.2, 0.25) is 0 Å². The third-order valence-electron chi connectivity index (χ3n) is 6.72. The Hall–Kier alpha value is -4.40. The molecular formula is C28H30N4O5. The Bertz CT molecular complexity index is 1420. The number of amides is 3. The van der Waals surface area contributed by atoms with Crippen LogP contribution >= 0.6 is 0 Å². The Morgan fingerprint density at radius 3 is 2.65 bits per heavy atom. The van der Waals surface area contributed by atoms with E-state index in [1.165, 1.54) is 0 Å². The molecule has 4 aromatic rings. The molecule has 1 atom stereocenters. The fourth-order valence-electron chi connectivity index (χ4n) is 4.80. The number of carbonyl (C=O) groups excluding carboxylic acids is 2. The number of methoxy groups -OCH3 is 2. The molecule has 37 heavy (non-hydrogen) atoms. The Morgan fingerprint density at radius 1 is 1.03 bits per heavy atom. The first-order valence-corrected chi connectivity index (χ1v) is 12.2. The molecule has 9 heteroatoms. The molecule has 1 saturated heterocycles. The van der Waals surface area contributed by atoms with Crippen molar-refractivity contribution in [2.24, 2.45) is 0 Å². The first-order chi connectivity index (χ1) is 18.0. The standard InChI is InChI=1S/C28H30N4O5/c1-19-17-30(12-13-31(19)28(34)29-23-9-4-5-10-25(23)36-3)26(33)24-16-21-11-14-37-27(21)32(24)18-20-7-6-8-22(15-20)35-2/h4-11,14-16,19H,12-13,17-18H2,1-3H3,(H,29,34). The van der Waals surface area contributed by atoms with Crippen LogP contribution in [0.15, 0.2) is 71.3 Å². The van der Waals surface area contributed by atoms with Crippen LogP contribution in [-0.4, -0.2) is 66.2 Å². The van der Waals surface area contributed by atoms with E-state index in [2.05, 4.69) is 5.32 Å². The number of fused-ring (bicyclic) bond motifs is 1. The fraction of sp³-hybridized carbons (Fsp3) is 0.286. The minimum Gasteiger partial charge on any atom is -0.497 e. The third kappa shape index (κ3) is 4.84. The predicted molar refractivity (Wildman–Crippen MR) is 140 cm³/mol. The quantitative estimate of drug-likeness (QED) is 0.414. The molecule has 2 aromatic heterocycles. The van der Waals surface area contributed by atoms with Gasteiger partial charge in [-0.15, -0.1) is 0 Å². The molecule has 0 bridgehead atoms. The van der Waals surface area contributed by atoms with Crippen LogP contribution in [0, 0.1) is 0 Å². The highest BCUT2D eigenvalue weighted by Gasteiger charge is 2.32. The number of benzene rings is 2. The SMILES string of the molecule is COc1cccc(Cn2c(C(=O)N3CCN(C(=O)Nc4ccccc4OC)C(C)C3)cc3ccoc32)c1. The van der Waals surface area contributed by atoms with E-state index in [0.717, 1.165) is 16.7 Å². The van der Waals surface area contributed by atoms with Gasteiger partial charge in [-0.05, 0) is 48.9 Å². The zero-order valence-electron chi connectivity index (χ0n) is 21.1. The van der Waals surface area contributed by atoms with Crippen molar-refractivity contribution in [3.05, 3.63) is 78.2 Å². The topological polar surface area (TPSA) is 89.2 Å². The number of aromatic nitrogens is 1. The summed E-state index contributed by atoms with van der Waals surface area (Å²) in [5.74, 6) is 1.26. The molecule has 0 spiro atoms. The van der Waals surface area contributed by atoms with Gasteiger partial charge in [0.25, 0.3) is 5.91 Å². The summed E-state index contributed by atoms with van der Waals surface area (Å²) in [7, 11) is 3.20. The second-order valence-corrected chi connectivity index (χ2v) is 9.07. The maximum atomic E-state index is 13.7. The van der Waals surface area contributed by atoms with Crippen LogP contribution in [0.25, 0.3) is 11.1 Å². The Kier molecular flexibility index (Phi) is 6.76. The summed E-state index contributed by atoms with van der Waals surface area (Å²) in [6.45, 7) is 3.67. The Labute approximate surface area is 215 Å². The zero-order chi connectivity index (χ0) is 25.9. The smallest absolute Gasteiger partial charge is 0.322 e. The predicted octanol–water partition coefficient (Wildman–Crippen LogP) is 4.68. The number of rotatable bonds is 6. The highest BCUT2D eigenvalue weighted by Crippen LogP contribution is 2.27. The Morgan fingerprint density at radius 2 is 1.86 bits per heavy atom. The van der Waals surface area contributed by atoms with Gasteiger partial charge in [0.05, 0.1) is 32.7 Å². The van der Waals surface area contributed by atoms with E-state index in [1.54, 1.807) is 42.4 Å². The molecule has 1 fully saturated rings. The normalized spacial score (nSPS) is 15.6. The van der Waals surface area contributed by atoms with Crippen molar-refractivity contribution in [2.45, 2.75) is 19.5 Å². The summed E-state index contributed by atoms with van der Waals surface area (Å²) in [6.07, 6.45) is 1.63. The number of piperazine rings is 1. The van der Waals surface area contributed by atoms with E-state index in [4.69, 9.17) is 13.9 Å². The third-order valence-corrected chi connectivity index (χ3v) is 6.72. The van der Waals surface area contributed by atoms with Crippen molar-refractivity contribution < 1.29 is 23.5 Å². The number of carbonyl (C=O) groups is 2. The average Bonchev–Trinajstić information content (AvgIpc) is 3.51. The van der Waals surface area contributed by atoms with Crippen LogP contribution in [-0.2, 0) is 6.54 Å². The average molecular weight is 503 g/mol. The number of anilines is 1. The summed E-state index contributed by atoms with van der Waals surface area (Å²) < 4.78 is 18.3. The molecule has 0 saturated carbocycles. The summed E-state index contributed by atoms with van der Waals surface area (Å²) in [4.78, 5) is 30.3. The number of nitrogens with zero attached hydrogens (tertiary/aromatic N) is 3. The largest absolute Gasteiger partial charge is 0.497 e. The van der Waals surface area contributed by atoms with Crippen molar-refractivity contribution in [3.63, 3.8) is 0 Å². The zero-order valence-corrected chi connectivity index (χ0v) is 21.1. The van der Waals surface area contributed by atoms with Gasteiger partial charge in [0, 0.05) is 31.1 Å². The molecule has 0 aliphatic carbocycles. The molecule has 9 nitrogen and oxygen atoms in total. The minimum atomic E-state index is -0.219. The van der Waals surface area contributed by atoms with Gasteiger partial charge in [-0.1, -0.05) is 24.3 Å². The minimum absolute atomic E-state index is 0.0917. The first-order valence-electron chi connectivity index (χ1n) is 12.2. The van der Waals surface area contributed by atoms with E-state index in [-0.39, 0.29) is 18.0 Å². The number of ether oxygens (including phenoxy) is 2. The summed E-state index contributed by atoms with van der Waals surface area (Å²) in [5, 5.41) is 3.80. The lowest BCUT2D eigenvalue weighted by atomic mass is 10.1. The van der Waals surface area contributed by atoms with E-state index in [9.17, 15) is 9.59 Å². The van der Waals surface area contributed by atoms with Crippen molar-refractivity contribution in [3.8, 4) is 11.5 Å². The number of nitrogens with one attached hydrogen (secondary N) is 1. The van der Waals surface area contributed by atoms with Crippen LogP contribution in [0.3, 0.4) is 0 Å². The molecule has 5 rings (SSSR count). The molecule has 2 aromatic carbocycles. The lowest BCUT2D eigenvalue weighted by molar-refractivity contribution is 0.0582. The van der Waals surface area contributed by atoms with Crippen molar-refractivity contribution in [2.75, 3.05) is 39.2 Å². The van der Waals surface area contributed by atoms with E-state index in [1.807, 2.05) is 60.0 Å². The van der Waals surface area contributed by atoms with E-state index >= 15 is 0 Å². The van der Waals surface area contributed by atoms with Crippen molar-refractivity contribution >= 4 is 28.7 Å². The van der Waals surface area contributed by atoms with Crippen molar-refractivity contribution in [1.29, 1.82) is 0 Å². The fourth-order valence-corrected chi connectivity index (χ4v) is 4.80. The molecule has 3 heterocycles. The first kappa shape index (κ1) is 24.3. The van der Waals surface area contributed by atoms with Crippen LogP contribution < -0.4 is 14.8 Å². The lowest BCUT2D eigenvalue weighted by Crippen LogP contribution is -2.56. The summed E-state index contributed by atoms with van der Waals surface area (Å²) in [6, 6.07) is 18.4. The van der Waals surface area contributed by atoms with E-state index in [0.29, 0.717) is 49.0 Å². The number of hydrogen-bond donors (Lipinski definition) is 1. The summed E-state index contributed by atoms with van der Waals surface area (Å²) >= 11 is 0. The van der Waals surface area contributed by atoms with Gasteiger partial charge in [-0.25, -0.2) is 4.79 Å². The number of furan rings is 1. The maximum Gasteiger partial charge on any atom is 0.322 e. The van der Waals surface area contributed by atoms with Gasteiger partial charge < -0.3 is 33.6 Å². The molecule has 1 aliphatic heterocycles. The van der Waals surface area contributed by atoms with Gasteiger partial charge in [0.15, 0.2) is 0 Å². The second kappa shape index (κ2) is 10.3. The number of hydrogen-bond acceptors (Lipinski definition) is 5. The van der Waals surface area contributed by atoms with Crippen LogP contribution in [0.5, 0.6) is 11.5 Å².